The minimum atomic E-state index is -4.64. The van der Waals surface area contributed by atoms with Gasteiger partial charge in [0.25, 0.3) is 0 Å². The summed E-state index contributed by atoms with van der Waals surface area (Å²) in [6.45, 7) is 1.96. The molecule has 0 aromatic carbocycles. The first-order valence-electron chi connectivity index (χ1n) is 7.44. The van der Waals surface area contributed by atoms with E-state index < -0.39 is 17.7 Å². The van der Waals surface area contributed by atoms with Crippen LogP contribution in [0.4, 0.5) is 13.2 Å². The van der Waals surface area contributed by atoms with Gasteiger partial charge in [0.1, 0.15) is 5.70 Å². The molecular formula is C16H16ClF3N2OS. The number of rotatable bonds is 3. The quantitative estimate of drug-likeness (QED) is 0.734. The first kappa shape index (κ1) is 19.0. The van der Waals surface area contributed by atoms with Gasteiger partial charge >= 0.3 is 6.18 Å². The van der Waals surface area contributed by atoms with Crippen molar-refractivity contribution in [2.24, 2.45) is 4.99 Å². The van der Waals surface area contributed by atoms with E-state index in [4.69, 9.17) is 11.6 Å². The fourth-order valence-corrected chi connectivity index (χ4v) is 3.66. The van der Waals surface area contributed by atoms with Crippen LogP contribution in [0.3, 0.4) is 0 Å². The maximum atomic E-state index is 13.0. The number of nitrogens with zero attached hydrogens (tertiary/aromatic N) is 2. The van der Waals surface area contributed by atoms with E-state index in [1.54, 1.807) is 6.20 Å². The van der Waals surface area contributed by atoms with Crippen molar-refractivity contribution < 1.29 is 18.0 Å². The second-order valence-electron chi connectivity index (χ2n) is 5.25. The first-order chi connectivity index (χ1) is 11.3. The van der Waals surface area contributed by atoms with Crippen molar-refractivity contribution in [3.8, 4) is 0 Å². The Kier molecular flexibility index (Phi) is 6.46. The number of thioether (sulfide) groups is 1. The molecule has 0 fully saturated rings. The second kappa shape index (κ2) is 8.16. The predicted molar refractivity (Wildman–Crippen MR) is 90.4 cm³/mol. The van der Waals surface area contributed by atoms with Crippen LogP contribution in [-0.2, 0) is 17.0 Å². The third kappa shape index (κ3) is 5.08. The molecule has 0 atom stereocenters. The van der Waals surface area contributed by atoms with Crippen LogP contribution in [0.2, 0.25) is 5.02 Å². The van der Waals surface area contributed by atoms with Crippen LogP contribution in [0.1, 0.15) is 37.3 Å². The van der Waals surface area contributed by atoms with Gasteiger partial charge in [0.15, 0.2) is 5.78 Å². The van der Waals surface area contributed by atoms with Gasteiger partial charge in [-0.1, -0.05) is 18.5 Å². The van der Waals surface area contributed by atoms with Crippen molar-refractivity contribution in [1.82, 2.24) is 4.98 Å². The number of aromatic nitrogens is 1. The van der Waals surface area contributed by atoms with Crippen molar-refractivity contribution in [3.63, 3.8) is 0 Å². The molecule has 0 N–H and O–H groups in total. The number of carbonyl (C=O) groups is 1. The smallest absolute Gasteiger partial charge is 0.295 e. The number of allylic oxidation sites excluding steroid dienone is 2. The molecule has 8 heteroatoms. The Morgan fingerprint density at radius 1 is 1.29 bits per heavy atom. The third-order valence-electron chi connectivity index (χ3n) is 3.51. The normalized spacial score (nSPS) is 18.5. The fourth-order valence-electron chi connectivity index (χ4n) is 2.23. The zero-order valence-electron chi connectivity index (χ0n) is 13.0. The summed E-state index contributed by atoms with van der Waals surface area (Å²) in [6.07, 6.45) is 0.842. The molecule has 0 spiro atoms. The van der Waals surface area contributed by atoms with E-state index in [-0.39, 0.29) is 6.42 Å². The van der Waals surface area contributed by atoms with E-state index in [9.17, 15) is 18.0 Å². The van der Waals surface area contributed by atoms with E-state index in [2.05, 4.69) is 9.98 Å². The molecule has 1 aromatic rings. The molecule has 2 rings (SSSR count). The Labute approximate surface area is 147 Å². The molecule has 2 heterocycles. The lowest BCUT2D eigenvalue weighted by atomic mass is 10.1. The Morgan fingerprint density at radius 2 is 2.04 bits per heavy atom. The zero-order chi connectivity index (χ0) is 17.7. The molecule has 24 heavy (non-hydrogen) atoms. The molecule has 3 nitrogen and oxygen atoms in total. The van der Waals surface area contributed by atoms with Crippen LogP contribution in [-0.4, -0.2) is 22.0 Å². The molecule has 130 valence electrons. The van der Waals surface area contributed by atoms with E-state index >= 15 is 0 Å². The highest BCUT2D eigenvalue weighted by Crippen LogP contribution is 2.32. The van der Waals surface area contributed by atoms with Crippen molar-refractivity contribution in [2.75, 3.05) is 0 Å². The average molecular weight is 377 g/mol. The standard InChI is InChI=1S/C16H16ClF3N2OS/c1-2-10-7-21-8-13(17)12(10)9-24-15-5-3-4-11(23)6-14(22-15)16(18,19)20/h6-8H,2-5,9H2,1H3/b14-6-,22-15?. The van der Waals surface area contributed by atoms with E-state index in [0.29, 0.717) is 34.7 Å². The molecule has 1 aromatic heterocycles. The van der Waals surface area contributed by atoms with Gasteiger partial charge in [-0.3, -0.25) is 9.78 Å². The summed E-state index contributed by atoms with van der Waals surface area (Å²) < 4.78 is 38.9. The minimum absolute atomic E-state index is 0.0926. The van der Waals surface area contributed by atoms with Gasteiger partial charge < -0.3 is 0 Å². The van der Waals surface area contributed by atoms with Crippen LogP contribution < -0.4 is 0 Å². The number of aliphatic imine (C=N–C) groups is 1. The molecule has 0 amide bonds. The van der Waals surface area contributed by atoms with Gasteiger partial charge in [0, 0.05) is 30.6 Å². The average Bonchev–Trinajstić information content (AvgIpc) is 2.48. The van der Waals surface area contributed by atoms with Gasteiger partial charge in [-0.15, -0.1) is 11.8 Å². The Hall–Kier alpha value is -1.34. The van der Waals surface area contributed by atoms with Crippen LogP contribution in [0.25, 0.3) is 0 Å². The largest absolute Gasteiger partial charge is 0.433 e. The van der Waals surface area contributed by atoms with Gasteiger partial charge in [0.05, 0.1) is 10.1 Å². The number of ketones is 1. The van der Waals surface area contributed by atoms with Gasteiger partial charge in [0.2, 0.25) is 0 Å². The van der Waals surface area contributed by atoms with Crippen LogP contribution in [0.15, 0.2) is 29.2 Å². The number of hydrogen-bond acceptors (Lipinski definition) is 4. The fraction of sp³-hybridized carbons (Fsp3) is 0.438. The predicted octanol–water partition coefficient (Wildman–Crippen LogP) is 5.13. The van der Waals surface area contributed by atoms with E-state index in [0.717, 1.165) is 17.5 Å². The number of carbonyl (C=O) groups excluding carboxylic acids is 1. The maximum absolute atomic E-state index is 13.0. The van der Waals surface area contributed by atoms with Crippen molar-refractivity contribution in [2.45, 2.75) is 44.5 Å². The highest BCUT2D eigenvalue weighted by Gasteiger charge is 2.35. The lowest BCUT2D eigenvalue weighted by Crippen LogP contribution is -2.15. The lowest BCUT2D eigenvalue weighted by molar-refractivity contribution is -0.116. The number of alkyl halides is 3. The Morgan fingerprint density at radius 3 is 2.71 bits per heavy atom. The topological polar surface area (TPSA) is 42.3 Å². The molecule has 0 unspecified atom stereocenters. The third-order valence-corrected chi connectivity index (χ3v) is 4.89. The molecule has 0 bridgehead atoms. The number of aryl methyl sites for hydroxylation is 1. The summed E-state index contributed by atoms with van der Waals surface area (Å²) in [4.78, 5) is 19.1. The minimum Gasteiger partial charge on any atom is -0.295 e. The summed E-state index contributed by atoms with van der Waals surface area (Å²) >= 11 is 7.38. The second-order valence-corrected chi connectivity index (χ2v) is 6.71. The molecule has 0 saturated carbocycles. The van der Waals surface area contributed by atoms with Gasteiger partial charge in [-0.25, -0.2) is 4.99 Å². The van der Waals surface area contributed by atoms with Crippen LogP contribution >= 0.6 is 23.4 Å². The summed E-state index contributed by atoms with van der Waals surface area (Å²) in [5, 5.41) is 0.857. The summed E-state index contributed by atoms with van der Waals surface area (Å²) in [6, 6.07) is 0. The molecule has 1 aliphatic heterocycles. The number of halogens is 4. The number of hydrogen-bond donors (Lipinski definition) is 0. The Bertz CT molecular complexity index is 686. The molecular weight excluding hydrogens is 361 g/mol. The SMILES string of the molecule is CCc1cncc(Cl)c1CSC1=N/C(C(F)(F)F)=C\C(=O)CCC1. The summed E-state index contributed by atoms with van der Waals surface area (Å²) in [5.74, 6) is -0.122. The number of pyridine rings is 1. The molecule has 0 saturated heterocycles. The highest BCUT2D eigenvalue weighted by atomic mass is 35.5. The maximum Gasteiger partial charge on any atom is 0.433 e. The van der Waals surface area contributed by atoms with Crippen LogP contribution in [0.5, 0.6) is 0 Å². The van der Waals surface area contributed by atoms with Gasteiger partial charge in [-0.2, -0.15) is 13.2 Å². The molecule has 0 radical (unpaired) electrons. The van der Waals surface area contributed by atoms with E-state index in [1.165, 1.54) is 18.0 Å². The first-order valence-corrected chi connectivity index (χ1v) is 8.81. The van der Waals surface area contributed by atoms with Crippen molar-refractivity contribution >= 4 is 34.2 Å². The highest BCUT2D eigenvalue weighted by molar-refractivity contribution is 8.13. The Balaban J connectivity index is 2.23. The molecule has 0 aliphatic carbocycles. The zero-order valence-corrected chi connectivity index (χ0v) is 14.6. The van der Waals surface area contributed by atoms with E-state index in [1.807, 2.05) is 6.92 Å². The van der Waals surface area contributed by atoms with Gasteiger partial charge in [-0.05, 0) is 30.4 Å². The monoisotopic (exact) mass is 376 g/mol. The summed E-state index contributed by atoms with van der Waals surface area (Å²) in [7, 11) is 0. The molecule has 1 aliphatic rings. The lowest BCUT2D eigenvalue weighted by Gasteiger charge is -2.14. The van der Waals surface area contributed by atoms with Crippen LogP contribution in [0, 0.1) is 0 Å². The van der Waals surface area contributed by atoms with Crippen molar-refractivity contribution in [3.05, 3.63) is 40.3 Å². The summed E-state index contributed by atoms with van der Waals surface area (Å²) in [5.41, 5.74) is 0.687. The van der Waals surface area contributed by atoms with Crippen molar-refractivity contribution in [1.29, 1.82) is 0 Å².